The van der Waals surface area contributed by atoms with Gasteiger partial charge in [0.1, 0.15) is 0 Å². The molecule has 0 aromatic rings. The quantitative estimate of drug-likeness (QED) is 0.763. The van der Waals surface area contributed by atoms with Crippen LogP contribution in [0.25, 0.3) is 0 Å². The van der Waals surface area contributed by atoms with Gasteiger partial charge in [-0.25, -0.2) is 0 Å². The molecule has 0 aliphatic carbocycles. The highest BCUT2D eigenvalue weighted by molar-refractivity contribution is 5.78. The van der Waals surface area contributed by atoms with Gasteiger partial charge >= 0.3 is 0 Å². The van der Waals surface area contributed by atoms with Crippen molar-refractivity contribution < 1.29 is 9.53 Å². The van der Waals surface area contributed by atoms with Crippen molar-refractivity contribution in [2.24, 2.45) is 0 Å². The molecule has 1 N–H and O–H groups in total. The zero-order valence-corrected chi connectivity index (χ0v) is 11.4. The van der Waals surface area contributed by atoms with Crippen LogP contribution in [0.15, 0.2) is 0 Å². The summed E-state index contributed by atoms with van der Waals surface area (Å²) in [4.78, 5) is 16.2. The Balaban J connectivity index is 1.59. The second-order valence-electron chi connectivity index (χ2n) is 5.30. The van der Waals surface area contributed by atoms with E-state index < -0.39 is 0 Å². The van der Waals surface area contributed by atoms with Crippen molar-refractivity contribution in [3.63, 3.8) is 0 Å². The number of ether oxygens (including phenoxy) is 1. The molecule has 1 amide bonds. The summed E-state index contributed by atoms with van der Waals surface area (Å²) in [5, 5.41) is 3.23. The molecule has 0 radical (unpaired) electrons. The van der Waals surface area contributed by atoms with Crippen LogP contribution in [0.2, 0.25) is 0 Å². The molecule has 2 aliphatic rings. The minimum Gasteiger partial charge on any atom is -0.377 e. The largest absolute Gasteiger partial charge is 0.377 e. The Hall–Kier alpha value is -0.650. The smallest absolute Gasteiger partial charge is 0.236 e. The average molecular weight is 255 g/mol. The van der Waals surface area contributed by atoms with Crippen LogP contribution in [0, 0.1) is 0 Å². The summed E-state index contributed by atoms with van der Waals surface area (Å²) >= 11 is 0. The summed E-state index contributed by atoms with van der Waals surface area (Å²) in [5.74, 6) is 0.221. The van der Waals surface area contributed by atoms with E-state index in [2.05, 4.69) is 17.3 Å². The first kappa shape index (κ1) is 13.8. The highest BCUT2D eigenvalue weighted by Gasteiger charge is 2.19. The van der Waals surface area contributed by atoms with E-state index in [9.17, 15) is 4.79 Å². The monoisotopic (exact) mass is 255 g/mol. The van der Waals surface area contributed by atoms with Crippen molar-refractivity contribution in [3.8, 4) is 0 Å². The summed E-state index contributed by atoms with van der Waals surface area (Å²) in [6.45, 7) is 5.81. The Morgan fingerprint density at radius 2 is 2.06 bits per heavy atom. The number of nitrogens with zero attached hydrogens (tertiary/aromatic N) is 2. The number of piperazine rings is 1. The molecule has 2 saturated heterocycles. The van der Waals surface area contributed by atoms with Crippen molar-refractivity contribution in [1.82, 2.24) is 15.1 Å². The lowest BCUT2D eigenvalue weighted by molar-refractivity contribution is -0.131. The zero-order chi connectivity index (χ0) is 12.8. The minimum atomic E-state index is 0.221. The molecule has 1 atom stereocenters. The predicted molar refractivity (Wildman–Crippen MR) is 70.5 cm³/mol. The molecule has 0 aromatic carbocycles. The molecule has 2 fully saturated rings. The molecule has 0 spiro atoms. The number of hydrogen-bond acceptors (Lipinski definition) is 4. The maximum Gasteiger partial charge on any atom is 0.236 e. The van der Waals surface area contributed by atoms with Crippen molar-refractivity contribution in [3.05, 3.63) is 0 Å². The lowest BCUT2D eigenvalue weighted by atomic mass is 10.1. The van der Waals surface area contributed by atoms with Gasteiger partial charge < -0.3 is 19.9 Å². The van der Waals surface area contributed by atoms with Gasteiger partial charge in [-0.3, -0.25) is 4.79 Å². The fraction of sp³-hybridized carbons (Fsp3) is 0.923. The van der Waals surface area contributed by atoms with E-state index in [1.165, 1.54) is 12.8 Å². The van der Waals surface area contributed by atoms with Gasteiger partial charge in [-0.1, -0.05) is 0 Å². The maximum atomic E-state index is 12.0. The van der Waals surface area contributed by atoms with E-state index in [4.69, 9.17) is 4.74 Å². The zero-order valence-electron chi connectivity index (χ0n) is 11.4. The summed E-state index contributed by atoms with van der Waals surface area (Å²) in [5.41, 5.74) is 0. The SMILES string of the molecule is CN1CCN(C(=O)CNCC2CCCCO2)CC1. The Labute approximate surface area is 109 Å². The molecule has 104 valence electrons. The topological polar surface area (TPSA) is 44.8 Å². The molecule has 2 aliphatic heterocycles. The molecule has 2 heterocycles. The van der Waals surface area contributed by atoms with Gasteiger partial charge in [0.2, 0.25) is 5.91 Å². The predicted octanol–water partition coefficient (Wildman–Crippen LogP) is -0.0809. The van der Waals surface area contributed by atoms with E-state index in [1.54, 1.807) is 0 Å². The van der Waals surface area contributed by atoms with Crippen molar-refractivity contribution in [1.29, 1.82) is 0 Å². The number of nitrogens with one attached hydrogen (secondary N) is 1. The number of amides is 1. The van der Waals surface area contributed by atoms with E-state index in [-0.39, 0.29) is 5.91 Å². The Kier molecular flexibility index (Phi) is 5.41. The molecule has 1 unspecified atom stereocenters. The van der Waals surface area contributed by atoms with Gasteiger partial charge in [0.05, 0.1) is 12.6 Å². The van der Waals surface area contributed by atoms with Crippen LogP contribution in [0.3, 0.4) is 0 Å². The Morgan fingerprint density at radius 3 is 2.72 bits per heavy atom. The van der Waals surface area contributed by atoms with Crippen LogP contribution in [-0.4, -0.2) is 74.7 Å². The fourth-order valence-electron chi connectivity index (χ4n) is 2.48. The van der Waals surface area contributed by atoms with Gasteiger partial charge in [-0.15, -0.1) is 0 Å². The van der Waals surface area contributed by atoms with Gasteiger partial charge in [0.15, 0.2) is 0 Å². The second-order valence-corrected chi connectivity index (χ2v) is 5.30. The third-order valence-electron chi connectivity index (χ3n) is 3.78. The highest BCUT2D eigenvalue weighted by atomic mass is 16.5. The van der Waals surface area contributed by atoms with Crippen LogP contribution in [0.1, 0.15) is 19.3 Å². The van der Waals surface area contributed by atoms with E-state index in [1.807, 2.05) is 4.90 Å². The number of likely N-dealkylation sites (N-methyl/N-ethyl adjacent to an activating group) is 1. The van der Waals surface area contributed by atoms with Gasteiger partial charge in [-0.05, 0) is 26.3 Å². The van der Waals surface area contributed by atoms with Gasteiger partial charge in [-0.2, -0.15) is 0 Å². The van der Waals surface area contributed by atoms with E-state index >= 15 is 0 Å². The van der Waals surface area contributed by atoms with Gasteiger partial charge in [0.25, 0.3) is 0 Å². The Morgan fingerprint density at radius 1 is 1.28 bits per heavy atom. The molecule has 2 rings (SSSR count). The van der Waals surface area contributed by atoms with Crippen LogP contribution in [0.4, 0.5) is 0 Å². The van der Waals surface area contributed by atoms with E-state index in [0.29, 0.717) is 12.6 Å². The molecule has 0 saturated carbocycles. The molecule has 0 bridgehead atoms. The summed E-state index contributed by atoms with van der Waals surface area (Å²) in [7, 11) is 2.10. The average Bonchev–Trinajstić information content (AvgIpc) is 2.40. The lowest BCUT2D eigenvalue weighted by Crippen LogP contribution is -2.50. The summed E-state index contributed by atoms with van der Waals surface area (Å²) in [6.07, 6.45) is 3.85. The molecule has 18 heavy (non-hydrogen) atoms. The van der Waals surface area contributed by atoms with Gasteiger partial charge in [0, 0.05) is 39.3 Å². The van der Waals surface area contributed by atoms with E-state index in [0.717, 1.165) is 45.8 Å². The van der Waals surface area contributed by atoms with Crippen LogP contribution in [-0.2, 0) is 9.53 Å². The molecular formula is C13H25N3O2. The third kappa shape index (κ3) is 4.23. The fourth-order valence-corrected chi connectivity index (χ4v) is 2.48. The molecular weight excluding hydrogens is 230 g/mol. The normalized spacial score (nSPS) is 26.3. The number of hydrogen-bond donors (Lipinski definition) is 1. The van der Waals surface area contributed by atoms with Crippen molar-refractivity contribution in [2.45, 2.75) is 25.4 Å². The maximum absolute atomic E-state index is 12.0. The first-order valence-corrected chi connectivity index (χ1v) is 7.04. The van der Waals surface area contributed by atoms with Crippen molar-refractivity contribution in [2.75, 3.05) is 52.9 Å². The van der Waals surface area contributed by atoms with Crippen LogP contribution in [0.5, 0.6) is 0 Å². The summed E-state index contributed by atoms with van der Waals surface area (Å²) < 4.78 is 5.63. The summed E-state index contributed by atoms with van der Waals surface area (Å²) in [6, 6.07) is 0. The standard InChI is InChI=1S/C13H25N3O2/c1-15-5-7-16(8-6-15)13(17)11-14-10-12-4-2-3-9-18-12/h12,14H,2-11H2,1H3. The molecule has 0 aromatic heterocycles. The first-order chi connectivity index (χ1) is 8.75. The highest BCUT2D eigenvalue weighted by Crippen LogP contribution is 2.11. The number of carbonyl (C=O) groups is 1. The van der Waals surface area contributed by atoms with Crippen molar-refractivity contribution >= 4 is 5.91 Å². The first-order valence-electron chi connectivity index (χ1n) is 7.04. The van der Waals surface area contributed by atoms with Crippen LogP contribution < -0.4 is 5.32 Å². The van der Waals surface area contributed by atoms with Crippen LogP contribution >= 0.6 is 0 Å². The lowest BCUT2D eigenvalue weighted by Gasteiger charge is -2.32. The Bertz CT molecular complexity index is 259. The molecule has 5 nitrogen and oxygen atoms in total. The second kappa shape index (κ2) is 7.07. The molecule has 5 heteroatoms. The minimum absolute atomic E-state index is 0.221. The third-order valence-corrected chi connectivity index (χ3v) is 3.78. The number of rotatable bonds is 4. The number of carbonyl (C=O) groups excluding carboxylic acids is 1.